The standard InChI is InChI=1S/C19H26N2O4/c1-12(2)10-14(19(24)25)11-20-17(22)15-6-4-5-7-16(15)21(3)18(23)13-8-9-13/h4-7,12-14H,8-11H2,1-3H3,(H,20,22)(H,24,25). The summed E-state index contributed by atoms with van der Waals surface area (Å²) in [6.07, 6.45) is 2.29. The number of aliphatic carboxylic acids is 1. The molecule has 1 aromatic carbocycles. The lowest BCUT2D eigenvalue weighted by molar-refractivity contribution is -0.142. The molecule has 2 rings (SSSR count). The van der Waals surface area contributed by atoms with E-state index in [-0.39, 0.29) is 30.2 Å². The average molecular weight is 346 g/mol. The largest absolute Gasteiger partial charge is 0.481 e. The molecule has 0 aromatic heterocycles. The Morgan fingerprint density at radius 3 is 2.44 bits per heavy atom. The fourth-order valence-electron chi connectivity index (χ4n) is 2.83. The number of anilines is 1. The van der Waals surface area contributed by atoms with Gasteiger partial charge in [-0.3, -0.25) is 14.4 Å². The minimum Gasteiger partial charge on any atom is -0.481 e. The number of carboxylic acid groups (broad SMARTS) is 1. The minimum absolute atomic E-state index is 0.0171. The van der Waals surface area contributed by atoms with Crippen molar-refractivity contribution in [1.29, 1.82) is 0 Å². The molecule has 0 radical (unpaired) electrons. The molecule has 1 saturated carbocycles. The Bertz CT molecular complexity index is 653. The highest BCUT2D eigenvalue weighted by Gasteiger charge is 2.33. The molecule has 6 nitrogen and oxygen atoms in total. The smallest absolute Gasteiger partial charge is 0.308 e. The van der Waals surface area contributed by atoms with Crippen LogP contribution in [0.5, 0.6) is 0 Å². The van der Waals surface area contributed by atoms with Gasteiger partial charge in [0.25, 0.3) is 5.91 Å². The number of hydrogen-bond donors (Lipinski definition) is 2. The highest BCUT2D eigenvalue weighted by molar-refractivity contribution is 6.05. The van der Waals surface area contributed by atoms with Crippen LogP contribution >= 0.6 is 0 Å². The number of nitrogens with zero attached hydrogens (tertiary/aromatic N) is 1. The highest BCUT2D eigenvalue weighted by atomic mass is 16.4. The lowest BCUT2D eigenvalue weighted by Gasteiger charge is -2.21. The predicted molar refractivity (Wildman–Crippen MR) is 95.5 cm³/mol. The fourth-order valence-corrected chi connectivity index (χ4v) is 2.83. The second kappa shape index (κ2) is 8.14. The van der Waals surface area contributed by atoms with E-state index in [1.54, 1.807) is 31.3 Å². The maximum atomic E-state index is 12.5. The first-order valence-corrected chi connectivity index (χ1v) is 8.68. The van der Waals surface area contributed by atoms with E-state index in [1.807, 2.05) is 13.8 Å². The normalized spacial score (nSPS) is 14.9. The van der Waals surface area contributed by atoms with Gasteiger partial charge in [-0.15, -0.1) is 0 Å². The predicted octanol–water partition coefficient (Wildman–Crippen LogP) is 2.54. The van der Waals surface area contributed by atoms with Crippen LogP contribution in [0.1, 0.15) is 43.5 Å². The van der Waals surface area contributed by atoms with Crippen molar-refractivity contribution in [2.75, 3.05) is 18.5 Å². The Balaban J connectivity index is 2.08. The van der Waals surface area contributed by atoms with Crippen LogP contribution < -0.4 is 10.2 Å². The molecule has 0 spiro atoms. The molecule has 0 heterocycles. The van der Waals surface area contributed by atoms with Crippen LogP contribution in [0.4, 0.5) is 5.69 Å². The van der Waals surface area contributed by atoms with Gasteiger partial charge in [-0.05, 0) is 37.3 Å². The van der Waals surface area contributed by atoms with Crippen LogP contribution in [-0.2, 0) is 9.59 Å². The molecule has 2 amide bonds. The zero-order chi connectivity index (χ0) is 18.6. The van der Waals surface area contributed by atoms with Gasteiger partial charge in [-0.25, -0.2) is 0 Å². The van der Waals surface area contributed by atoms with E-state index in [4.69, 9.17) is 0 Å². The molecule has 2 N–H and O–H groups in total. The molecule has 25 heavy (non-hydrogen) atoms. The van der Waals surface area contributed by atoms with Crippen LogP contribution in [0.2, 0.25) is 0 Å². The van der Waals surface area contributed by atoms with Crippen LogP contribution in [0.3, 0.4) is 0 Å². The molecular weight excluding hydrogens is 320 g/mol. The molecule has 1 unspecified atom stereocenters. The maximum Gasteiger partial charge on any atom is 0.308 e. The number of rotatable bonds is 8. The summed E-state index contributed by atoms with van der Waals surface area (Å²) in [5, 5.41) is 12.0. The van der Waals surface area contributed by atoms with Gasteiger partial charge < -0.3 is 15.3 Å². The molecule has 0 aliphatic heterocycles. The number of carboxylic acids is 1. The fraction of sp³-hybridized carbons (Fsp3) is 0.526. The summed E-state index contributed by atoms with van der Waals surface area (Å²) in [5.41, 5.74) is 0.931. The molecule has 0 bridgehead atoms. The molecule has 1 fully saturated rings. The molecule has 136 valence electrons. The van der Waals surface area contributed by atoms with Crippen molar-refractivity contribution in [1.82, 2.24) is 5.32 Å². The molecule has 1 aliphatic rings. The average Bonchev–Trinajstić information content (AvgIpc) is 3.41. The third kappa shape index (κ3) is 5.05. The summed E-state index contributed by atoms with van der Waals surface area (Å²) >= 11 is 0. The van der Waals surface area contributed by atoms with Gasteiger partial charge in [-0.2, -0.15) is 0 Å². The summed E-state index contributed by atoms with van der Waals surface area (Å²) in [4.78, 5) is 37.7. The number of nitrogens with one attached hydrogen (secondary N) is 1. The Hall–Kier alpha value is -2.37. The number of para-hydroxylation sites is 1. The van der Waals surface area contributed by atoms with Gasteiger partial charge in [0.2, 0.25) is 5.91 Å². The summed E-state index contributed by atoms with van der Waals surface area (Å²) in [5.74, 6) is -1.59. The molecule has 1 atom stereocenters. The van der Waals surface area contributed by atoms with Crippen molar-refractivity contribution in [3.63, 3.8) is 0 Å². The molecular formula is C19H26N2O4. The first-order valence-electron chi connectivity index (χ1n) is 8.68. The Morgan fingerprint density at radius 2 is 1.88 bits per heavy atom. The molecule has 1 aliphatic carbocycles. The van der Waals surface area contributed by atoms with Crippen LogP contribution in [0.25, 0.3) is 0 Å². The number of benzene rings is 1. The zero-order valence-electron chi connectivity index (χ0n) is 15.0. The van der Waals surface area contributed by atoms with Crippen molar-refractivity contribution < 1.29 is 19.5 Å². The Labute approximate surface area is 148 Å². The second-order valence-electron chi connectivity index (χ2n) is 7.06. The molecule has 6 heteroatoms. The topological polar surface area (TPSA) is 86.7 Å². The van der Waals surface area contributed by atoms with Crippen molar-refractivity contribution in [3.8, 4) is 0 Å². The lowest BCUT2D eigenvalue weighted by Crippen LogP contribution is -2.35. The van der Waals surface area contributed by atoms with Crippen LogP contribution in [0, 0.1) is 17.8 Å². The van der Waals surface area contributed by atoms with Gasteiger partial charge in [0.1, 0.15) is 0 Å². The lowest BCUT2D eigenvalue weighted by atomic mass is 9.97. The van der Waals surface area contributed by atoms with Crippen molar-refractivity contribution in [2.45, 2.75) is 33.1 Å². The van der Waals surface area contributed by atoms with Gasteiger partial charge in [0.05, 0.1) is 17.2 Å². The third-order valence-electron chi connectivity index (χ3n) is 4.38. The van der Waals surface area contributed by atoms with Crippen molar-refractivity contribution in [3.05, 3.63) is 29.8 Å². The Morgan fingerprint density at radius 1 is 1.24 bits per heavy atom. The Kier molecular flexibility index (Phi) is 6.17. The number of carbonyl (C=O) groups is 3. The number of carbonyl (C=O) groups excluding carboxylic acids is 2. The summed E-state index contributed by atoms with van der Waals surface area (Å²) in [6, 6.07) is 6.90. The number of amides is 2. The van der Waals surface area contributed by atoms with E-state index < -0.39 is 11.9 Å². The van der Waals surface area contributed by atoms with E-state index in [9.17, 15) is 19.5 Å². The van der Waals surface area contributed by atoms with Crippen molar-refractivity contribution >= 4 is 23.5 Å². The maximum absolute atomic E-state index is 12.5. The molecule has 1 aromatic rings. The van der Waals surface area contributed by atoms with E-state index in [0.29, 0.717) is 17.7 Å². The molecule has 0 saturated heterocycles. The quantitative estimate of drug-likeness (QED) is 0.757. The van der Waals surface area contributed by atoms with Crippen LogP contribution in [0.15, 0.2) is 24.3 Å². The van der Waals surface area contributed by atoms with Crippen LogP contribution in [-0.4, -0.2) is 36.5 Å². The monoisotopic (exact) mass is 346 g/mol. The first kappa shape index (κ1) is 19.0. The van der Waals surface area contributed by atoms with Gasteiger partial charge in [-0.1, -0.05) is 26.0 Å². The summed E-state index contributed by atoms with van der Waals surface area (Å²) < 4.78 is 0. The zero-order valence-corrected chi connectivity index (χ0v) is 15.0. The van der Waals surface area contributed by atoms with Crippen molar-refractivity contribution in [2.24, 2.45) is 17.8 Å². The minimum atomic E-state index is -0.914. The summed E-state index contributed by atoms with van der Waals surface area (Å²) in [7, 11) is 1.67. The second-order valence-corrected chi connectivity index (χ2v) is 7.06. The number of hydrogen-bond acceptors (Lipinski definition) is 3. The van der Waals surface area contributed by atoms with E-state index in [0.717, 1.165) is 12.8 Å². The summed E-state index contributed by atoms with van der Waals surface area (Å²) in [6.45, 7) is 3.97. The SMILES string of the molecule is CC(C)CC(CNC(=O)c1ccccc1N(C)C(=O)C1CC1)C(=O)O. The van der Waals surface area contributed by atoms with Gasteiger partial charge in [0.15, 0.2) is 0 Å². The van der Waals surface area contributed by atoms with E-state index in [2.05, 4.69) is 5.32 Å². The highest BCUT2D eigenvalue weighted by Crippen LogP contribution is 2.33. The van der Waals surface area contributed by atoms with Gasteiger partial charge in [0, 0.05) is 19.5 Å². The van der Waals surface area contributed by atoms with E-state index in [1.165, 1.54) is 4.90 Å². The van der Waals surface area contributed by atoms with E-state index >= 15 is 0 Å². The third-order valence-corrected chi connectivity index (χ3v) is 4.38. The van der Waals surface area contributed by atoms with Gasteiger partial charge >= 0.3 is 5.97 Å². The first-order chi connectivity index (χ1) is 11.8.